The molecule has 0 aliphatic carbocycles. The molecule has 14 heavy (non-hydrogen) atoms. The van der Waals surface area contributed by atoms with Crippen molar-refractivity contribution in [3.63, 3.8) is 0 Å². The highest BCUT2D eigenvalue weighted by atomic mass is 16.6. The molecule has 0 amide bonds. The van der Waals surface area contributed by atoms with Gasteiger partial charge in [0.2, 0.25) is 0 Å². The topological polar surface area (TPSA) is 60.2 Å². The lowest BCUT2D eigenvalue weighted by molar-refractivity contribution is -0.384. The van der Waals surface area contributed by atoms with Gasteiger partial charge in [0.1, 0.15) is 0 Å². The summed E-state index contributed by atoms with van der Waals surface area (Å²) in [4.78, 5) is 21.2. The molecule has 0 saturated carbocycles. The third-order valence-corrected chi connectivity index (χ3v) is 1.63. The Balaban J connectivity index is 3.12. The summed E-state index contributed by atoms with van der Waals surface area (Å²) in [6.45, 7) is 5.02. The minimum atomic E-state index is -0.553. The van der Waals surface area contributed by atoms with Crippen molar-refractivity contribution >= 4 is 11.5 Å². The lowest BCUT2D eigenvalue weighted by Gasteiger charge is -1.98. The molecule has 0 heterocycles. The molecule has 0 bridgehead atoms. The number of nitro benzene ring substituents is 1. The standard InChI is InChI=1S/C10H8NO3/c1-7(2)10(12)8-4-3-5-9(6-8)11(13)14/h3,5-6H,1H2,2H3. The van der Waals surface area contributed by atoms with Gasteiger partial charge in [-0.1, -0.05) is 6.58 Å². The number of nitrogens with zero attached hydrogens (tertiary/aromatic N) is 1. The van der Waals surface area contributed by atoms with Crippen LogP contribution in [0.5, 0.6) is 0 Å². The van der Waals surface area contributed by atoms with Crippen LogP contribution < -0.4 is 0 Å². The van der Waals surface area contributed by atoms with E-state index in [4.69, 9.17) is 0 Å². The first-order chi connectivity index (χ1) is 6.52. The van der Waals surface area contributed by atoms with E-state index in [1.807, 2.05) is 0 Å². The molecule has 0 spiro atoms. The van der Waals surface area contributed by atoms with Crippen LogP contribution in [-0.2, 0) is 0 Å². The second-order valence-corrected chi connectivity index (χ2v) is 2.83. The maximum atomic E-state index is 11.4. The monoisotopic (exact) mass is 190 g/mol. The summed E-state index contributed by atoms with van der Waals surface area (Å²) in [5.41, 5.74) is 0.391. The lowest BCUT2D eigenvalue weighted by Crippen LogP contribution is -2.00. The third-order valence-electron chi connectivity index (χ3n) is 1.63. The van der Waals surface area contributed by atoms with E-state index in [2.05, 4.69) is 12.6 Å². The Kier molecular flexibility index (Phi) is 2.76. The number of non-ortho nitro benzene ring substituents is 1. The van der Waals surface area contributed by atoms with E-state index in [1.54, 1.807) is 6.92 Å². The fraction of sp³-hybridized carbons (Fsp3) is 0.100. The van der Waals surface area contributed by atoms with Gasteiger partial charge in [0, 0.05) is 17.7 Å². The molecule has 1 radical (unpaired) electrons. The predicted molar refractivity (Wildman–Crippen MR) is 51.1 cm³/mol. The van der Waals surface area contributed by atoms with Gasteiger partial charge < -0.3 is 0 Å². The first-order valence-corrected chi connectivity index (χ1v) is 3.88. The van der Waals surface area contributed by atoms with Crippen LogP contribution in [0.4, 0.5) is 5.69 Å². The summed E-state index contributed by atoms with van der Waals surface area (Å²) in [7, 11) is 0. The number of hydrogen-bond acceptors (Lipinski definition) is 3. The van der Waals surface area contributed by atoms with Crippen molar-refractivity contribution in [1.29, 1.82) is 0 Å². The minimum absolute atomic E-state index is 0.117. The number of hydrogen-bond donors (Lipinski definition) is 0. The molecule has 0 N–H and O–H groups in total. The van der Waals surface area contributed by atoms with E-state index >= 15 is 0 Å². The zero-order chi connectivity index (χ0) is 10.7. The van der Waals surface area contributed by atoms with Gasteiger partial charge in [-0.15, -0.1) is 0 Å². The van der Waals surface area contributed by atoms with E-state index in [0.717, 1.165) is 0 Å². The lowest BCUT2D eigenvalue weighted by atomic mass is 10.1. The molecular weight excluding hydrogens is 182 g/mol. The Morgan fingerprint density at radius 2 is 2.29 bits per heavy atom. The van der Waals surface area contributed by atoms with Crippen LogP contribution in [0.25, 0.3) is 0 Å². The zero-order valence-electron chi connectivity index (χ0n) is 7.61. The van der Waals surface area contributed by atoms with Crippen LogP contribution in [0.3, 0.4) is 0 Å². The summed E-state index contributed by atoms with van der Waals surface area (Å²) in [6, 6.07) is 6.46. The number of carbonyl (C=O) groups excluding carboxylic acids is 1. The summed E-state index contributed by atoms with van der Waals surface area (Å²) in [5, 5.41) is 10.4. The minimum Gasteiger partial charge on any atom is -0.289 e. The Morgan fingerprint density at radius 1 is 1.64 bits per heavy atom. The zero-order valence-corrected chi connectivity index (χ0v) is 7.61. The Bertz CT molecular complexity index is 410. The molecule has 0 saturated heterocycles. The van der Waals surface area contributed by atoms with Crippen molar-refractivity contribution in [1.82, 2.24) is 0 Å². The molecule has 1 aromatic carbocycles. The average Bonchev–Trinajstić information content (AvgIpc) is 2.16. The van der Waals surface area contributed by atoms with Crippen LogP contribution in [-0.4, -0.2) is 10.7 Å². The van der Waals surface area contributed by atoms with Crippen molar-refractivity contribution in [2.75, 3.05) is 0 Å². The summed E-state index contributed by atoms with van der Waals surface area (Å²) in [5.74, 6) is -0.325. The van der Waals surface area contributed by atoms with E-state index in [0.29, 0.717) is 5.57 Å². The van der Waals surface area contributed by atoms with Gasteiger partial charge in [-0.05, 0) is 24.6 Å². The van der Waals surface area contributed by atoms with Gasteiger partial charge in [-0.3, -0.25) is 14.9 Å². The van der Waals surface area contributed by atoms with Gasteiger partial charge in [0.15, 0.2) is 5.78 Å². The van der Waals surface area contributed by atoms with Gasteiger partial charge in [-0.2, -0.15) is 0 Å². The van der Waals surface area contributed by atoms with E-state index in [-0.39, 0.29) is 17.0 Å². The summed E-state index contributed by atoms with van der Waals surface area (Å²) < 4.78 is 0. The molecule has 0 unspecified atom stereocenters. The SMILES string of the molecule is C=C(C)C(=O)c1[c]ccc([N+](=O)[O-])c1. The molecule has 4 nitrogen and oxygen atoms in total. The molecule has 1 aromatic rings. The number of carbonyl (C=O) groups is 1. The molecule has 4 heteroatoms. The maximum Gasteiger partial charge on any atom is 0.270 e. The molecule has 71 valence electrons. The van der Waals surface area contributed by atoms with Crippen molar-refractivity contribution < 1.29 is 9.72 Å². The fourth-order valence-corrected chi connectivity index (χ4v) is 0.929. The highest BCUT2D eigenvalue weighted by molar-refractivity contribution is 6.07. The Labute approximate surface area is 81.0 Å². The summed E-state index contributed by atoms with van der Waals surface area (Å²) in [6.07, 6.45) is 0. The van der Waals surface area contributed by atoms with Gasteiger partial charge >= 0.3 is 0 Å². The molecule has 0 aliphatic rings. The number of ketones is 1. The van der Waals surface area contributed by atoms with Gasteiger partial charge in [-0.25, -0.2) is 0 Å². The van der Waals surface area contributed by atoms with E-state index < -0.39 is 4.92 Å². The van der Waals surface area contributed by atoms with Crippen LogP contribution in [0.1, 0.15) is 17.3 Å². The largest absolute Gasteiger partial charge is 0.289 e. The fourth-order valence-electron chi connectivity index (χ4n) is 0.929. The molecular formula is C10H8NO3. The smallest absolute Gasteiger partial charge is 0.270 e. The number of benzene rings is 1. The first kappa shape index (κ1) is 10.1. The average molecular weight is 190 g/mol. The second kappa shape index (κ2) is 3.83. The van der Waals surface area contributed by atoms with Crippen molar-refractivity contribution in [3.05, 3.63) is 52.1 Å². The number of Topliss-reactive ketones (excluding diaryl/α,β-unsaturated/α-hetero) is 1. The van der Waals surface area contributed by atoms with Gasteiger partial charge in [0.05, 0.1) is 4.92 Å². The number of allylic oxidation sites excluding steroid dienone is 1. The van der Waals surface area contributed by atoms with E-state index in [9.17, 15) is 14.9 Å². The van der Waals surface area contributed by atoms with Crippen LogP contribution >= 0.6 is 0 Å². The quantitative estimate of drug-likeness (QED) is 0.317. The molecule has 0 aromatic heterocycles. The van der Waals surface area contributed by atoms with Crippen molar-refractivity contribution in [3.8, 4) is 0 Å². The van der Waals surface area contributed by atoms with Crippen LogP contribution in [0.15, 0.2) is 30.4 Å². The maximum absolute atomic E-state index is 11.4. The Hall–Kier alpha value is -1.97. The van der Waals surface area contributed by atoms with E-state index in [1.165, 1.54) is 18.2 Å². The van der Waals surface area contributed by atoms with Crippen molar-refractivity contribution in [2.45, 2.75) is 6.92 Å². The van der Waals surface area contributed by atoms with Gasteiger partial charge in [0.25, 0.3) is 5.69 Å². The number of nitro groups is 1. The highest BCUT2D eigenvalue weighted by Crippen LogP contribution is 2.14. The van der Waals surface area contributed by atoms with Crippen molar-refractivity contribution in [2.24, 2.45) is 0 Å². The second-order valence-electron chi connectivity index (χ2n) is 2.83. The predicted octanol–water partition coefficient (Wildman–Crippen LogP) is 2.15. The third kappa shape index (κ3) is 2.04. The molecule has 0 fully saturated rings. The molecule has 1 rings (SSSR count). The van der Waals surface area contributed by atoms with Crippen LogP contribution in [0.2, 0.25) is 0 Å². The summed E-state index contributed by atoms with van der Waals surface area (Å²) >= 11 is 0. The first-order valence-electron chi connectivity index (χ1n) is 3.88. The highest BCUT2D eigenvalue weighted by Gasteiger charge is 2.11. The number of rotatable bonds is 3. The normalized spacial score (nSPS) is 9.50. The molecule has 0 atom stereocenters. The molecule has 0 aliphatic heterocycles. The Morgan fingerprint density at radius 3 is 2.79 bits per heavy atom. The van der Waals surface area contributed by atoms with Crippen LogP contribution in [0, 0.1) is 16.2 Å².